The Labute approximate surface area is 108 Å². The summed E-state index contributed by atoms with van der Waals surface area (Å²) in [5.41, 5.74) is 6.94. The third kappa shape index (κ3) is 2.33. The first-order valence-corrected chi connectivity index (χ1v) is 6.52. The maximum absolute atomic E-state index is 12.6. The molecule has 1 saturated carbocycles. The van der Waals surface area contributed by atoms with Crippen LogP contribution in [0.15, 0.2) is 18.5 Å². The average molecular weight is 247 g/mol. The van der Waals surface area contributed by atoms with Gasteiger partial charge in [-0.3, -0.25) is 9.78 Å². The Morgan fingerprint density at radius 1 is 1.39 bits per heavy atom. The summed E-state index contributed by atoms with van der Waals surface area (Å²) in [6.45, 7) is 2.07. The molecule has 1 amide bonds. The van der Waals surface area contributed by atoms with Gasteiger partial charge in [-0.1, -0.05) is 26.2 Å². The highest BCUT2D eigenvalue weighted by Crippen LogP contribution is 2.38. The molecule has 0 aliphatic heterocycles. The van der Waals surface area contributed by atoms with E-state index in [2.05, 4.69) is 11.9 Å². The molecule has 0 atom stereocenters. The maximum atomic E-state index is 12.6. The number of hydrogen-bond donors (Lipinski definition) is 1. The third-order valence-corrected chi connectivity index (χ3v) is 3.97. The molecule has 1 fully saturated rings. The molecule has 4 nitrogen and oxygen atoms in total. The molecule has 4 heteroatoms. The predicted octanol–water partition coefficient (Wildman–Crippen LogP) is 2.60. The normalized spacial score (nSPS) is 18.3. The minimum absolute atomic E-state index is 0.167. The molecular formula is C14H21N3O. The number of pyridine rings is 1. The van der Waals surface area contributed by atoms with Crippen LogP contribution in [0.2, 0.25) is 0 Å². The van der Waals surface area contributed by atoms with E-state index < -0.39 is 0 Å². The summed E-state index contributed by atoms with van der Waals surface area (Å²) in [5.74, 6) is 0.167. The highest BCUT2D eigenvalue weighted by Gasteiger charge is 2.37. The molecule has 2 rings (SSSR count). The van der Waals surface area contributed by atoms with E-state index in [1.807, 2.05) is 0 Å². The number of aromatic nitrogens is 1. The highest BCUT2D eigenvalue weighted by atomic mass is 16.2. The molecule has 1 aromatic heterocycles. The summed E-state index contributed by atoms with van der Waals surface area (Å²) >= 11 is 0. The number of anilines is 2. The summed E-state index contributed by atoms with van der Waals surface area (Å²) in [7, 11) is 1.80. The van der Waals surface area contributed by atoms with Crippen molar-refractivity contribution in [1.29, 1.82) is 0 Å². The first-order valence-electron chi connectivity index (χ1n) is 6.52. The van der Waals surface area contributed by atoms with Crippen molar-refractivity contribution in [3.63, 3.8) is 0 Å². The van der Waals surface area contributed by atoms with Gasteiger partial charge in [0.15, 0.2) is 0 Å². The first kappa shape index (κ1) is 12.9. The lowest BCUT2D eigenvalue weighted by atomic mass is 9.74. The van der Waals surface area contributed by atoms with Gasteiger partial charge in [-0.05, 0) is 18.9 Å². The monoisotopic (exact) mass is 247 g/mol. The smallest absolute Gasteiger partial charge is 0.232 e. The zero-order valence-corrected chi connectivity index (χ0v) is 11.1. The van der Waals surface area contributed by atoms with Crippen LogP contribution >= 0.6 is 0 Å². The Morgan fingerprint density at radius 3 is 2.67 bits per heavy atom. The van der Waals surface area contributed by atoms with Crippen molar-refractivity contribution in [3.05, 3.63) is 18.5 Å². The van der Waals surface area contributed by atoms with E-state index in [9.17, 15) is 4.79 Å². The van der Waals surface area contributed by atoms with Gasteiger partial charge in [-0.15, -0.1) is 0 Å². The van der Waals surface area contributed by atoms with Gasteiger partial charge in [0.25, 0.3) is 0 Å². The van der Waals surface area contributed by atoms with Gasteiger partial charge in [0.2, 0.25) is 5.91 Å². The fourth-order valence-corrected chi connectivity index (χ4v) is 2.77. The standard InChI is InChI=1S/C14H21N3O/c1-14(7-4-3-5-8-14)13(18)17(2)12-6-9-16-10-11(12)15/h6,9-10H,3-5,7-8,15H2,1-2H3. The summed E-state index contributed by atoms with van der Waals surface area (Å²) in [5, 5.41) is 0. The van der Waals surface area contributed by atoms with E-state index in [0.29, 0.717) is 5.69 Å². The molecule has 1 aromatic rings. The average Bonchev–Trinajstić information content (AvgIpc) is 2.38. The molecule has 0 unspecified atom stereocenters. The molecule has 0 radical (unpaired) electrons. The van der Waals surface area contributed by atoms with E-state index in [1.165, 1.54) is 6.42 Å². The summed E-state index contributed by atoms with van der Waals surface area (Å²) in [4.78, 5) is 18.3. The van der Waals surface area contributed by atoms with E-state index in [0.717, 1.165) is 31.4 Å². The second-order valence-electron chi connectivity index (χ2n) is 5.42. The van der Waals surface area contributed by atoms with Crippen LogP contribution < -0.4 is 10.6 Å². The summed E-state index contributed by atoms with van der Waals surface area (Å²) in [6, 6.07) is 1.79. The number of rotatable bonds is 2. The molecular weight excluding hydrogens is 226 g/mol. The van der Waals surface area contributed by atoms with E-state index >= 15 is 0 Å². The lowest BCUT2D eigenvalue weighted by Gasteiger charge is -2.35. The summed E-state index contributed by atoms with van der Waals surface area (Å²) in [6.07, 6.45) is 8.72. The molecule has 0 aromatic carbocycles. The number of hydrogen-bond acceptors (Lipinski definition) is 3. The SMILES string of the molecule is CN(C(=O)C1(C)CCCCC1)c1ccncc1N. The zero-order chi connectivity index (χ0) is 13.2. The number of nitrogens with two attached hydrogens (primary N) is 1. The molecule has 98 valence electrons. The lowest BCUT2D eigenvalue weighted by molar-refractivity contribution is -0.128. The maximum Gasteiger partial charge on any atom is 0.232 e. The number of nitrogens with zero attached hydrogens (tertiary/aromatic N) is 2. The van der Waals surface area contributed by atoms with Gasteiger partial charge in [0.05, 0.1) is 17.6 Å². The topological polar surface area (TPSA) is 59.2 Å². The minimum atomic E-state index is -0.233. The van der Waals surface area contributed by atoms with Crippen molar-refractivity contribution in [2.24, 2.45) is 5.41 Å². The van der Waals surface area contributed by atoms with Crippen molar-refractivity contribution in [2.45, 2.75) is 39.0 Å². The Morgan fingerprint density at radius 2 is 2.06 bits per heavy atom. The molecule has 0 bridgehead atoms. The van der Waals surface area contributed by atoms with Crippen LogP contribution in [0.1, 0.15) is 39.0 Å². The molecule has 0 saturated heterocycles. The summed E-state index contributed by atoms with van der Waals surface area (Å²) < 4.78 is 0. The van der Waals surface area contributed by atoms with Crippen LogP contribution in [-0.4, -0.2) is 17.9 Å². The molecule has 18 heavy (non-hydrogen) atoms. The number of carbonyl (C=O) groups excluding carboxylic acids is 1. The number of nitrogen functional groups attached to an aromatic ring is 1. The number of amides is 1. The molecule has 1 aliphatic rings. The van der Waals surface area contributed by atoms with Gasteiger partial charge in [-0.2, -0.15) is 0 Å². The van der Waals surface area contributed by atoms with Crippen LogP contribution in [0.3, 0.4) is 0 Å². The molecule has 1 aliphatic carbocycles. The van der Waals surface area contributed by atoms with Crippen LogP contribution in [0.25, 0.3) is 0 Å². The Balaban J connectivity index is 2.21. The predicted molar refractivity (Wildman–Crippen MR) is 73.3 cm³/mol. The molecule has 1 heterocycles. The minimum Gasteiger partial charge on any atom is -0.396 e. The third-order valence-electron chi connectivity index (χ3n) is 3.97. The highest BCUT2D eigenvalue weighted by molar-refractivity contribution is 5.99. The van der Waals surface area contributed by atoms with Crippen LogP contribution in [-0.2, 0) is 4.79 Å². The van der Waals surface area contributed by atoms with Crippen LogP contribution in [0.4, 0.5) is 11.4 Å². The van der Waals surface area contributed by atoms with Crippen LogP contribution in [0.5, 0.6) is 0 Å². The van der Waals surface area contributed by atoms with Gasteiger partial charge in [0, 0.05) is 18.7 Å². The fraction of sp³-hybridized carbons (Fsp3) is 0.571. The van der Waals surface area contributed by atoms with Crippen molar-refractivity contribution in [3.8, 4) is 0 Å². The van der Waals surface area contributed by atoms with Gasteiger partial charge < -0.3 is 10.6 Å². The van der Waals surface area contributed by atoms with Crippen molar-refractivity contribution < 1.29 is 4.79 Å². The zero-order valence-electron chi connectivity index (χ0n) is 11.1. The second kappa shape index (κ2) is 4.96. The molecule has 2 N–H and O–H groups in total. The second-order valence-corrected chi connectivity index (χ2v) is 5.42. The van der Waals surface area contributed by atoms with Gasteiger partial charge >= 0.3 is 0 Å². The van der Waals surface area contributed by atoms with Crippen molar-refractivity contribution in [1.82, 2.24) is 4.98 Å². The first-order chi connectivity index (χ1) is 8.54. The van der Waals surface area contributed by atoms with E-state index in [1.54, 1.807) is 30.4 Å². The largest absolute Gasteiger partial charge is 0.396 e. The Hall–Kier alpha value is -1.58. The Bertz CT molecular complexity index is 438. The lowest BCUT2D eigenvalue weighted by Crippen LogP contribution is -2.41. The van der Waals surface area contributed by atoms with Gasteiger partial charge in [-0.25, -0.2) is 0 Å². The van der Waals surface area contributed by atoms with Crippen molar-refractivity contribution >= 4 is 17.3 Å². The van der Waals surface area contributed by atoms with Crippen molar-refractivity contribution in [2.75, 3.05) is 17.7 Å². The quantitative estimate of drug-likeness (QED) is 0.873. The fourth-order valence-electron chi connectivity index (χ4n) is 2.77. The Kier molecular flexibility index (Phi) is 3.55. The van der Waals surface area contributed by atoms with Crippen LogP contribution in [0, 0.1) is 5.41 Å². The van der Waals surface area contributed by atoms with E-state index in [-0.39, 0.29) is 11.3 Å². The number of carbonyl (C=O) groups is 1. The van der Waals surface area contributed by atoms with E-state index in [4.69, 9.17) is 5.73 Å². The molecule has 0 spiro atoms. The van der Waals surface area contributed by atoms with Gasteiger partial charge in [0.1, 0.15) is 0 Å².